The number of benzene rings is 1. The van der Waals surface area contributed by atoms with Crippen LogP contribution in [0.4, 0.5) is 4.39 Å². The Labute approximate surface area is 136 Å². The minimum Gasteiger partial charge on any atom is -0.463 e. The molecular weight excluding hydrogens is 313 g/mol. The van der Waals surface area contributed by atoms with Crippen molar-refractivity contribution in [1.29, 1.82) is 0 Å². The van der Waals surface area contributed by atoms with Crippen LogP contribution in [0, 0.1) is 5.82 Å². The minimum absolute atomic E-state index is 0.0398. The number of rotatable bonds is 5. The topological polar surface area (TPSA) is 77.1 Å². The van der Waals surface area contributed by atoms with Gasteiger partial charge >= 0.3 is 0 Å². The van der Waals surface area contributed by atoms with Crippen LogP contribution < -0.4 is 10.9 Å². The first-order valence-electron chi connectivity index (χ1n) is 7.25. The largest absolute Gasteiger partial charge is 0.463 e. The molecule has 6 nitrogen and oxygen atoms in total. The third-order valence-electron chi connectivity index (χ3n) is 3.37. The fourth-order valence-corrected chi connectivity index (χ4v) is 2.15. The summed E-state index contributed by atoms with van der Waals surface area (Å²) < 4.78 is 19.8. The van der Waals surface area contributed by atoms with E-state index in [4.69, 9.17) is 4.42 Å². The highest BCUT2D eigenvalue weighted by Crippen LogP contribution is 2.14. The number of halogens is 1. The first kappa shape index (κ1) is 15.7. The second kappa shape index (κ2) is 6.91. The quantitative estimate of drug-likeness (QED) is 0.777. The van der Waals surface area contributed by atoms with Crippen molar-refractivity contribution >= 4 is 5.91 Å². The number of nitrogens with one attached hydrogen (secondary N) is 1. The van der Waals surface area contributed by atoms with Gasteiger partial charge in [-0.05, 0) is 24.3 Å². The summed E-state index contributed by atoms with van der Waals surface area (Å²) in [5, 5.41) is 6.67. The van der Waals surface area contributed by atoms with E-state index in [1.807, 2.05) is 0 Å². The maximum Gasteiger partial charge on any atom is 0.267 e. The Morgan fingerprint density at radius 1 is 1.17 bits per heavy atom. The number of hydrogen-bond donors (Lipinski definition) is 1. The molecule has 7 heteroatoms. The third-order valence-corrected chi connectivity index (χ3v) is 3.37. The van der Waals surface area contributed by atoms with Crippen molar-refractivity contribution in [3.8, 4) is 11.5 Å². The van der Waals surface area contributed by atoms with E-state index in [0.717, 1.165) is 4.68 Å². The maximum absolute atomic E-state index is 13.5. The molecule has 1 aromatic carbocycles. The van der Waals surface area contributed by atoms with Gasteiger partial charge in [0.2, 0.25) is 5.91 Å². The van der Waals surface area contributed by atoms with Crippen molar-refractivity contribution in [1.82, 2.24) is 15.1 Å². The lowest BCUT2D eigenvalue weighted by Crippen LogP contribution is -2.33. The van der Waals surface area contributed by atoms with E-state index >= 15 is 0 Å². The smallest absolute Gasteiger partial charge is 0.267 e. The minimum atomic E-state index is -0.440. The summed E-state index contributed by atoms with van der Waals surface area (Å²) in [6, 6.07) is 12.4. The molecule has 0 aliphatic rings. The van der Waals surface area contributed by atoms with Crippen LogP contribution in [0.1, 0.15) is 5.56 Å². The zero-order valence-corrected chi connectivity index (χ0v) is 12.6. The molecule has 24 heavy (non-hydrogen) atoms. The Bertz CT molecular complexity index is 903. The van der Waals surface area contributed by atoms with Gasteiger partial charge < -0.3 is 9.73 Å². The fourth-order valence-electron chi connectivity index (χ4n) is 2.15. The van der Waals surface area contributed by atoms with Crippen molar-refractivity contribution < 1.29 is 13.6 Å². The standard InChI is InChI=1S/C17H14FN3O3/c18-13-5-2-1-4-12(13)10-19-16(22)11-21-17(23)8-7-14(20-21)15-6-3-9-24-15/h1-9H,10-11H2,(H,19,22). The lowest BCUT2D eigenvalue weighted by Gasteiger charge is -2.08. The molecule has 122 valence electrons. The van der Waals surface area contributed by atoms with Crippen molar-refractivity contribution in [3.63, 3.8) is 0 Å². The first-order valence-corrected chi connectivity index (χ1v) is 7.25. The Balaban J connectivity index is 1.69. The van der Waals surface area contributed by atoms with Crippen molar-refractivity contribution in [2.75, 3.05) is 0 Å². The van der Waals surface area contributed by atoms with E-state index < -0.39 is 17.3 Å². The molecule has 2 heterocycles. The molecule has 0 saturated carbocycles. The normalized spacial score (nSPS) is 10.5. The van der Waals surface area contributed by atoms with E-state index in [-0.39, 0.29) is 13.1 Å². The van der Waals surface area contributed by atoms with Gasteiger partial charge in [-0.2, -0.15) is 5.10 Å². The third kappa shape index (κ3) is 3.57. The Morgan fingerprint density at radius 2 is 2.00 bits per heavy atom. The second-order valence-electron chi connectivity index (χ2n) is 5.06. The van der Waals surface area contributed by atoms with Gasteiger partial charge in [0.1, 0.15) is 18.1 Å². The van der Waals surface area contributed by atoms with Crippen molar-refractivity contribution in [3.05, 3.63) is 76.5 Å². The molecule has 0 spiro atoms. The van der Waals surface area contributed by atoms with Crippen LogP contribution in [0.25, 0.3) is 11.5 Å². The van der Waals surface area contributed by atoms with Crippen molar-refractivity contribution in [2.45, 2.75) is 13.1 Å². The predicted octanol–water partition coefficient (Wildman–Crippen LogP) is 1.96. The van der Waals surface area contributed by atoms with Gasteiger partial charge in [0.05, 0.1) is 6.26 Å². The molecule has 0 aliphatic heterocycles. The first-order chi connectivity index (χ1) is 11.6. The second-order valence-corrected chi connectivity index (χ2v) is 5.06. The number of amides is 1. The Kier molecular flexibility index (Phi) is 4.51. The molecule has 0 atom stereocenters. The predicted molar refractivity (Wildman–Crippen MR) is 84.4 cm³/mol. The highest BCUT2D eigenvalue weighted by molar-refractivity contribution is 5.75. The van der Waals surface area contributed by atoms with Gasteiger partial charge in [0.15, 0.2) is 5.76 Å². The number of carbonyl (C=O) groups excluding carboxylic acids is 1. The van der Waals surface area contributed by atoms with Crippen LogP contribution in [0.5, 0.6) is 0 Å². The molecule has 2 aromatic heterocycles. The molecule has 0 unspecified atom stereocenters. The lowest BCUT2D eigenvalue weighted by atomic mass is 10.2. The summed E-state index contributed by atoms with van der Waals surface area (Å²) in [5.41, 5.74) is 0.406. The number of hydrogen-bond acceptors (Lipinski definition) is 4. The Hall–Kier alpha value is -3.22. The monoisotopic (exact) mass is 327 g/mol. The molecule has 0 aliphatic carbocycles. The van der Waals surface area contributed by atoms with E-state index in [1.165, 1.54) is 24.5 Å². The van der Waals surface area contributed by atoms with Gasteiger partial charge in [0.25, 0.3) is 5.56 Å². The maximum atomic E-state index is 13.5. The molecule has 0 bridgehead atoms. The summed E-state index contributed by atoms with van der Waals surface area (Å²) in [6.45, 7) is -0.222. The molecule has 3 rings (SSSR count). The summed E-state index contributed by atoms with van der Waals surface area (Å²) in [6.07, 6.45) is 1.49. The summed E-state index contributed by atoms with van der Waals surface area (Å²) in [5.74, 6) is -0.340. The highest BCUT2D eigenvalue weighted by Gasteiger charge is 2.10. The van der Waals surface area contributed by atoms with E-state index in [0.29, 0.717) is 17.0 Å². The molecule has 3 aromatic rings. The summed E-state index contributed by atoms with van der Waals surface area (Å²) in [7, 11) is 0. The van der Waals surface area contributed by atoms with Crippen LogP contribution >= 0.6 is 0 Å². The number of furan rings is 1. The average molecular weight is 327 g/mol. The SMILES string of the molecule is O=C(Cn1nc(-c2ccco2)ccc1=O)NCc1ccccc1F. The van der Waals surface area contributed by atoms with E-state index in [1.54, 1.807) is 30.3 Å². The molecule has 1 N–H and O–H groups in total. The van der Waals surface area contributed by atoms with Crippen LogP contribution in [0.2, 0.25) is 0 Å². The van der Waals surface area contributed by atoms with E-state index in [9.17, 15) is 14.0 Å². The average Bonchev–Trinajstić information content (AvgIpc) is 3.11. The van der Waals surface area contributed by atoms with Gasteiger partial charge in [-0.25, -0.2) is 9.07 Å². The van der Waals surface area contributed by atoms with Gasteiger partial charge in [-0.1, -0.05) is 18.2 Å². The molecule has 1 amide bonds. The molecule has 0 fully saturated rings. The van der Waals surface area contributed by atoms with Crippen LogP contribution in [-0.4, -0.2) is 15.7 Å². The Morgan fingerprint density at radius 3 is 2.75 bits per heavy atom. The number of nitrogens with zero attached hydrogens (tertiary/aromatic N) is 2. The summed E-state index contributed by atoms with van der Waals surface area (Å²) >= 11 is 0. The molecule has 0 saturated heterocycles. The lowest BCUT2D eigenvalue weighted by molar-refractivity contribution is -0.122. The highest BCUT2D eigenvalue weighted by atomic mass is 19.1. The van der Waals surface area contributed by atoms with Gasteiger partial charge in [-0.3, -0.25) is 9.59 Å². The zero-order valence-electron chi connectivity index (χ0n) is 12.6. The summed E-state index contributed by atoms with van der Waals surface area (Å²) in [4.78, 5) is 23.8. The number of carbonyl (C=O) groups is 1. The fraction of sp³-hybridized carbons (Fsp3) is 0.118. The van der Waals surface area contributed by atoms with Crippen LogP contribution in [-0.2, 0) is 17.9 Å². The van der Waals surface area contributed by atoms with Crippen molar-refractivity contribution in [2.24, 2.45) is 0 Å². The molecule has 0 radical (unpaired) electrons. The van der Waals surface area contributed by atoms with Crippen LogP contribution in [0.3, 0.4) is 0 Å². The number of aromatic nitrogens is 2. The van der Waals surface area contributed by atoms with Gasteiger partial charge in [-0.15, -0.1) is 0 Å². The van der Waals surface area contributed by atoms with Crippen LogP contribution in [0.15, 0.2) is 64.0 Å². The molecular formula is C17H14FN3O3. The zero-order chi connectivity index (χ0) is 16.9. The van der Waals surface area contributed by atoms with E-state index in [2.05, 4.69) is 10.4 Å². The van der Waals surface area contributed by atoms with Gasteiger partial charge in [0, 0.05) is 18.2 Å².